The van der Waals surface area contributed by atoms with Crippen molar-refractivity contribution < 1.29 is 4.39 Å². The number of piperazine rings is 1. The second-order valence-corrected chi connectivity index (χ2v) is 7.28. The summed E-state index contributed by atoms with van der Waals surface area (Å²) in [5.74, 6) is 0.615. The van der Waals surface area contributed by atoms with Crippen LogP contribution in [0.25, 0.3) is 0 Å². The molecular weight excluding hydrogens is 456 g/mol. The molecule has 7 heteroatoms. The Balaban J connectivity index is 0.00000364. The van der Waals surface area contributed by atoms with Gasteiger partial charge in [-0.15, -0.1) is 24.0 Å². The number of aliphatic imine (C=N–C) groups is 1. The van der Waals surface area contributed by atoms with Crippen LogP contribution in [0.5, 0.6) is 0 Å². The maximum atomic E-state index is 13.8. The lowest BCUT2D eigenvalue weighted by atomic mass is 10.1. The topological polar surface area (TPSA) is 42.9 Å². The van der Waals surface area contributed by atoms with Crippen LogP contribution in [0, 0.1) is 12.7 Å². The summed E-state index contributed by atoms with van der Waals surface area (Å²) >= 11 is 0. The van der Waals surface area contributed by atoms with Crippen molar-refractivity contribution >= 4 is 29.9 Å². The van der Waals surface area contributed by atoms with E-state index in [1.54, 1.807) is 13.0 Å². The Labute approximate surface area is 180 Å². The Morgan fingerprint density at radius 3 is 2.48 bits per heavy atom. The van der Waals surface area contributed by atoms with E-state index in [-0.39, 0.29) is 35.8 Å². The molecule has 1 fully saturated rings. The maximum Gasteiger partial charge on any atom is 0.191 e. The van der Waals surface area contributed by atoms with Gasteiger partial charge in [-0.2, -0.15) is 0 Å². The van der Waals surface area contributed by atoms with Gasteiger partial charge in [0.2, 0.25) is 0 Å². The minimum atomic E-state index is -0.165. The van der Waals surface area contributed by atoms with Crippen LogP contribution in [0.3, 0.4) is 0 Å². The second kappa shape index (κ2) is 11.8. The number of hydrogen-bond acceptors (Lipinski definition) is 3. The van der Waals surface area contributed by atoms with Crippen LogP contribution in [0.1, 0.15) is 37.9 Å². The van der Waals surface area contributed by atoms with Gasteiger partial charge in [0.05, 0.1) is 12.6 Å². The average Bonchev–Trinajstić information content (AvgIpc) is 2.62. The van der Waals surface area contributed by atoms with Crippen molar-refractivity contribution in [3.63, 3.8) is 0 Å². The summed E-state index contributed by atoms with van der Waals surface area (Å²) in [6, 6.07) is 5.78. The molecule has 0 saturated carbocycles. The molecule has 0 aromatic heterocycles. The van der Waals surface area contributed by atoms with E-state index in [1.165, 1.54) is 0 Å². The third-order valence-electron chi connectivity index (χ3n) is 5.07. The normalized spacial score (nSPS) is 18.5. The zero-order chi connectivity index (χ0) is 19.1. The monoisotopic (exact) mass is 491 g/mol. The van der Waals surface area contributed by atoms with Crippen molar-refractivity contribution in [2.45, 2.75) is 39.8 Å². The number of aryl methyl sites for hydroxylation is 1. The van der Waals surface area contributed by atoms with Crippen molar-refractivity contribution in [1.29, 1.82) is 0 Å². The summed E-state index contributed by atoms with van der Waals surface area (Å²) in [6.45, 7) is 14.0. The Hall–Kier alpha value is -0.930. The zero-order valence-corrected chi connectivity index (χ0v) is 19.6. The van der Waals surface area contributed by atoms with Crippen LogP contribution in [-0.2, 0) is 0 Å². The summed E-state index contributed by atoms with van der Waals surface area (Å²) in [5, 5.41) is 6.68. The van der Waals surface area contributed by atoms with E-state index in [1.807, 2.05) is 19.1 Å². The summed E-state index contributed by atoms with van der Waals surface area (Å²) in [7, 11) is 2.17. The fourth-order valence-corrected chi connectivity index (χ4v) is 3.09. The molecular formula is C20H35FIN5. The lowest BCUT2D eigenvalue weighted by Gasteiger charge is -2.36. The van der Waals surface area contributed by atoms with E-state index < -0.39 is 0 Å². The molecule has 27 heavy (non-hydrogen) atoms. The number of hydrogen-bond donors (Lipinski definition) is 2. The van der Waals surface area contributed by atoms with E-state index in [0.29, 0.717) is 11.6 Å². The molecule has 2 atom stereocenters. The molecule has 1 heterocycles. The van der Waals surface area contributed by atoms with Gasteiger partial charge in [-0.05, 0) is 51.9 Å². The standard InChI is InChI=1S/C20H34FN5.HI/c1-6-22-20(23-14-16(3)26-11-9-25(5)10-12-26)24-17(4)18-8-7-15(2)19(21)13-18;/h7-8,13,16-17H,6,9-12,14H2,1-5H3,(H2,22,23,24);1H. The highest BCUT2D eigenvalue weighted by Crippen LogP contribution is 2.16. The first-order valence-electron chi connectivity index (χ1n) is 9.64. The molecule has 154 valence electrons. The van der Waals surface area contributed by atoms with Crippen LogP contribution < -0.4 is 10.6 Å². The van der Waals surface area contributed by atoms with Crippen molar-refractivity contribution in [3.8, 4) is 0 Å². The Bertz CT molecular complexity index is 602. The Kier molecular flexibility index (Phi) is 10.5. The van der Waals surface area contributed by atoms with Crippen molar-refractivity contribution in [1.82, 2.24) is 20.4 Å². The third kappa shape index (κ3) is 7.54. The van der Waals surface area contributed by atoms with Gasteiger partial charge < -0.3 is 15.5 Å². The Morgan fingerprint density at radius 2 is 1.89 bits per heavy atom. The molecule has 2 rings (SSSR count). The van der Waals surface area contributed by atoms with Gasteiger partial charge in [-0.25, -0.2) is 4.39 Å². The van der Waals surface area contributed by atoms with E-state index in [9.17, 15) is 4.39 Å². The number of halogens is 2. The highest BCUT2D eigenvalue weighted by molar-refractivity contribution is 14.0. The lowest BCUT2D eigenvalue weighted by molar-refractivity contribution is 0.122. The molecule has 2 N–H and O–H groups in total. The molecule has 1 aromatic rings. The number of guanidine groups is 1. The quantitative estimate of drug-likeness (QED) is 0.365. The molecule has 2 unspecified atom stereocenters. The highest BCUT2D eigenvalue weighted by atomic mass is 127. The van der Waals surface area contributed by atoms with Gasteiger partial charge in [0.15, 0.2) is 5.96 Å². The fraction of sp³-hybridized carbons (Fsp3) is 0.650. The van der Waals surface area contributed by atoms with Crippen LogP contribution in [0.2, 0.25) is 0 Å². The first-order chi connectivity index (χ1) is 12.4. The van der Waals surface area contributed by atoms with E-state index in [2.05, 4.69) is 41.3 Å². The van der Waals surface area contributed by atoms with Gasteiger partial charge in [0.25, 0.3) is 0 Å². The first kappa shape index (κ1) is 24.1. The predicted octanol–water partition coefficient (Wildman–Crippen LogP) is 3.00. The number of likely N-dealkylation sites (N-methyl/N-ethyl adjacent to an activating group) is 1. The van der Waals surface area contributed by atoms with Crippen molar-refractivity contribution in [2.75, 3.05) is 46.3 Å². The summed E-state index contributed by atoms with van der Waals surface area (Å²) in [6.07, 6.45) is 0. The molecule has 0 bridgehead atoms. The summed E-state index contributed by atoms with van der Waals surface area (Å²) in [4.78, 5) is 9.61. The number of nitrogens with zero attached hydrogens (tertiary/aromatic N) is 3. The molecule has 0 amide bonds. The smallest absolute Gasteiger partial charge is 0.191 e. The molecule has 0 spiro atoms. The third-order valence-corrected chi connectivity index (χ3v) is 5.07. The van der Waals surface area contributed by atoms with Crippen molar-refractivity contribution in [2.24, 2.45) is 4.99 Å². The maximum absolute atomic E-state index is 13.8. The second-order valence-electron chi connectivity index (χ2n) is 7.28. The molecule has 5 nitrogen and oxygen atoms in total. The Morgan fingerprint density at radius 1 is 1.22 bits per heavy atom. The number of rotatable bonds is 6. The summed E-state index contributed by atoms with van der Waals surface area (Å²) < 4.78 is 13.8. The molecule has 1 saturated heterocycles. The zero-order valence-electron chi connectivity index (χ0n) is 17.3. The van der Waals surface area contributed by atoms with Crippen LogP contribution in [-0.4, -0.2) is 68.1 Å². The summed E-state index contributed by atoms with van der Waals surface area (Å²) in [5.41, 5.74) is 1.59. The first-order valence-corrected chi connectivity index (χ1v) is 9.64. The number of benzene rings is 1. The van der Waals surface area contributed by atoms with Crippen LogP contribution in [0.4, 0.5) is 4.39 Å². The fourth-order valence-electron chi connectivity index (χ4n) is 3.09. The van der Waals surface area contributed by atoms with Gasteiger partial charge >= 0.3 is 0 Å². The highest BCUT2D eigenvalue weighted by Gasteiger charge is 2.19. The predicted molar refractivity (Wildman–Crippen MR) is 123 cm³/mol. The van der Waals surface area contributed by atoms with Crippen LogP contribution in [0.15, 0.2) is 23.2 Å². The van der Waals surface area contributed by atoms with E-state index in [4.69, 9.17) is 4.99 Å². The lowest BCUT2D eigenvalue weighted by Crippen LogP contribution is -2.49. The van der Waals surface area contributed by atoms with Gasteiger partial charge in [0.1, 0.15) is 5.82 Å². The van der Waals surface area contributed by atoms with Gasteiger partial charge in [-0.1, -0.05) is 12.1 Å². The molecule has 1 aromatic carbocycles. The average molecular weight is 491 g/mol. The largest absolute Gasteiger partial charge is 0.357 e. The molecule has 1 aliphatic heterocycles. The van der Waals surface area contributed by atoms with Crippen molar-refractivity contribution in [3.05, 3.63) is 35.1 Å². The SMILES string of the molecule is CCNC(=NCC(C)N1CCN(C)CC1)NC(C)c1ccc(C)c(F)c1.I. The molecule has 0 radical (unpaired) electrons. The van der Waals surface area contributed by atoms with Gasteiger partial charge in [-0.3, -0.25) is 9.89 Å². The van der Waals surface area contributed by atoms with E-state index >= 15 is 0 Å². The minimum absolute atomic E-state index is 0. The molecule has 1 aliphatic rings. The van der Waals surface area contributed by atoms with Gasteiger partial charge in [0, 0.05) is 38.8 Å². The molecule has 0 aliphatic carbocycles. The number of nitrogens with one attached hydrogen (secondary N) is 2. The van der Waals surface area contributed by atoms with E-state index in [0.717, 1.165) is 50.8 Å². The van der Waals surface area contributed by atoms with Crippen LogP contribution >= 0.6 is 24.0 Å². The minimum Gasteiger partial charge on any atom is -0.357 e.